The van der Waals surface area contributed by atoms with Crippen LogP contribution in [0.5, 0.6) is 0 Å². The van der Waals surface area contributed by atoms with Gasteiger partial charge in [-0.3, -0.25) is 10.5 Å². The Kier molecular flexibility index (Phi) is 3.12. The van der Waals surface area contributed by atoms with Crippen LogP contribution in [0.4, 0.5) is 0 Å². The number of nitrogens with one attached hydrogen (secondary N) is 2. The van der Waals surface area contributed by atoms with Gasteiger partial charge in [0.25, 0.3) is 0 Å². The number of amidine groups is 1. The first-order valence-electron chi connectivity index (χ1n) is 4.34. The topological polar surface area (TPSA) is 91.4 Å². The van der Waals surface area contributed by atoms with Crippen molar-refractivity contribution < 1.29 is 0 Å². The molecule has 0 aliphatic rings. The van der Waals surface area contributed by atoms with E-state index in [1.807, 2.05) is 0 Å². The van der Waals surface area contributed by atoms with Gasteiger partial charge in [0.15, 0.2) is 5.16 Å². The van der Waals surface area contributed by atoms with E-state index in [1.54, 1.807) is 18.2 Å². The highest BCUT2D eigenvalue weighted by molar-refractivity contribution is 7.99. The molecular formula is C9H8ClN5S. The van der Waals surface area contributed by atoms with Gasteiger partial charge in [-0.05, 0) is 30.0 Å². The highest BCUT2D eigenvalue weighted by atomic mass is 35.5. The van der Waals surface area contributed by atoms with Gasteiger partial charge in [-0.15, -0.1) is 0 Å². The number of nitrogen functional groups attached to an aromatic ring is 1. The number of nitrogens with zero attached hydrogens (tertiary/aromatic N) is 2. The molecule has 0 bridgehead atoms. The third-order valence-electron chi connectivity index (χ3n) is 1.83. The van der Waals surface area contributed by atoms with Crippen molar-refractivity contribution in [3.63, 3.8) is 0 Å². The van der Waals surface area contributed by atoms with E-state index in [-0.39, 0.29) is 5.84 Å². The lowest BCUT2D eigenvalue weighted by Gasteiger charge is -2.06. The number of H-pyrrole nitrogens is 1. The van der Waals surface area contributed by atoms with Crippen LogP contribution in [-0.2, 0) is 0 Å². The third-order valence-corrected chi connectivity index (χ3v) is 3.02. The van der Waals surface area contributed by atoms with E-state index in [0.717, 1.165) is 4.90 Å². The number of aromatic amines is 1. The standard InChI is InChI=1S/C9H8ClN5S/c10-5-1-2-6(8(11)12)7(3-5)16-9-13-4-14-15-9/h1-4H,(H3,11,12)(H,13,14,15). The lowest BCUT2D eigenvalue weighted by Crippen LogP contribution is -2.12. The van der Waals surface area contributed by atoms with Gasteiger partial charge in [-0.2, -0.15) is 5.10 Å². The molecule has 1 aromatic carbocycles. The molecule has 82 valence electrons. The van der Waals surface area contributed by atoms with Crippen LogP contribution in [0.3, 0.4) is 0 Å². The van der Waals surface area contributed by atoms with Crippen LogP contribution in [-0.4, -0.2) is 21.0 Å². The van der Waals surface area contributed by atoms with Crippen molar-refractivity contribution in [2.45, 2.75) is 10.1 Å². The second kappa shape index (κ2) is 4.54. The monoisotopic (exact) mass is 253 g/mol. The molecule has 0 aliphatic carbocycles. The molecule has 16 heavy (non-hydrogen) atoms. The quantitative estimate of drug-likeness (QED) is 0.575. The highest BCUT2D eigenvalue weighted by Gasteiger charge is 2.09. The van der Waals surface area contributed by atoms with Crippen molar-refractivity contribution in [2.24, 2.45) is 5.73 Å². The zero-order valence-electron chi connectivity index (χ0n) is 8.07. The van der Waals surface area contributed by atoms with E-state index in [0.29, 0.717) is 15.7 Å². The minimum atomic E-state index is -0.00122. The molecule has 1 aromatic heterocycles. The van der Waals surface area contributed by atoms with Crippen LogP contribution < -0.4 is 5.73 Å². The van der Waals surface area contributed by atoms with Gasteiger partial charge in [-0.25, -0.2) is 4.98 Å². The second-order valence-electron chi connectivity index (χ2n) is 2.95. The Balaban J connectivity index is 2.38. The zero-order valence-corrected chi connectivity index (χ0v) is 9.64. The first-order chi connectivity index (χ1) is 7.66. The molecule has 0 fully saturated rings. The zero-order chi connectivity index (χ0) is 11.5. The van der Waals surface area contributed by atoms with E-state index in [2.05, 4.69) is 15.2 Å². The van der Waals surface area contributed by atoms with Crippen LogP contribution in [0.15, 0.2) is 34.6 Å². The minimum absolute atomic E-state index is 0.00122. The molecule has 7 heteroatoms. The fourth-order valence-electron chi connectivity index (χ4n) is 1.15. The Morgan fingerprint density at radius 3 is 2.94 bits per heavy atom. The Hall–Kier alpha value is -1.53. The number of hydrogen-bond donors (Lipinski definition) is 3. The van der Waals surface area contributed by atoms with Gasteiger partial charge in [0.05, 0.1) is 0 Å². The van der Waals surface area contributed by atoms with Gasteiger partial charge in [0.2, 0.25) is 0 Å². The summed E-state index contributed by atoms with van der Waals surface area (Å²) < 4.78 is 0. The van der Waals surface area contributed by atoms with Crippen molar-refractivity contribution in [3.8, 4) is 0 Å². The summed E-state index contributed by atoms with van der Waals surface area (Å²) in [7, 11) is 0. The lowest BCUT2D eigenvalue weighted by atomic mass is 10.2. The molecule has 2 rings (SSSR count). The lowest BCUT2D eigenvalue weighted by molar-refractivity contribution is 0.973. The number of benzene rings is 1. The summed E-state index contributed by atoms with van der Waals surface area (Å²) >= 11 is 7.22. The Labute approximate surface area is 101 Å². The van der Waals surface area contributed by atoms with Crippen molar-refractivity contribution in [1.29, 1.82) is 5.41 Å². The maximum Gasteiger partial charge on any atom is 0.188 e. The number of rotatable bonds is 3. The van der Waals surface area contributed by atoms with Crippen LogP contribution in [0, 0.1) is 5.41 Å². The number of halogens is 1. The van der Waals surface area contributed by atoms with Gasteiger partial charge in [0, 0.05) is 15.5 Å². The highest BCUT2D eigenvalue weighted by Crippen LogP contribution is 2.29. The first-order valence-corrected chi connectivity index (χ1v) is 5.53. The van der Waals surface area contributed by atoms with Crippen LogP contribution in [0.25, 0.3) is 0 Å². The van der Waals surface area contributed by atoms with Crippen molar-refractivity contribution in [2.75, 3.05) is 0 Å². The van der Waals surface area contributed by atoms with Crippen molar-refractivity contribution in [3.05, 3.63) is 35.1 Å². The van der Waals surface area contributed by atoms with E-state index in [9.17, 15) is 0 Å². The SMILES string of the molecule is N=C(N)c1ccc(Cl)cc1Sc1ncn[nH]1. The number of nitrogens with two attached hydrogens (primary N) is 1. The molecule has 0 unspecified atom stereocenters. The van der Waals surface area contributed by atoms with Gasteiger partial charge >= 0.3 is 0 Å². The summed E-state index contributed by atoms with van der Waals surface area (Å²) in [6.07, 6.45) is 1.42. The Morgan fingerprint density at radius 1 is 1.50 bits per heavy atom. The number of hydrogen-bond acceptors (Lipinski definition) is 4. The predicted molar refractivity (Wildman–Crippen MR) is 63.0 cm³/mol. The molecule has 0 spiro atoms. The van der Waals surface area contributed by atoms with Crippen LogP contribution in [0.2, 0.25) is 5.02 Å². The molecule has 1 heterocycles. The molecule has 0 saturated heterocycles. The summed E-state index contributed by atoms with van der Waals surface area (Å²) in [6, 6.07) is 5.15. The second-order valence-corrected chi connectivity index (χ2v) is 4.41. The maximum atomic E-state index is 7.45. The molecule has 5 nitrogen and oxygen atoms in total. The summed E-state index contributed by atoms with van der Waals surface area (Å²) in [4.78, 5) is 4.76. The molecule has 0 radical (unpaired) electrons. The van der Waals surface area contributed by atoms with Crippen LogP contribution in [0.1, 0.15) is 5.56 Å². The molecule has 0 amide bonds. The summed E-state index contributed by atoms with van der Waals surface area (Å²) in [5.74, 6) is -0.00122. The molecule has 2 aromatic rings. The summed E-state index contributed by atoms with van der Waals surface area (Å²) in [6.45, 7) is 0. The fraction of sp³-hybridized carbons (Fsp3) is 0. The Morgan fingerprint density at radius 2 is 2.31 bits per heavy atom. The van der Waals surface area contributed by atoms with Crippen molar-refractivity contribution in [1.82, 2.24) is 15.2 Å². The molecule has 0 atom stereocenters. The largest absolute Gasteiger partial charge is 0.384 e. The van der Waals surface area contributed by atoms with Crippen molar-refractivity contribution >= 4 is 29.2 Å². The summed E-state index contributed by atoms with van der Waals surface area (Å²) in [5, 5.41) is 15.1. The third kappa shape index (κ3) is 2.34. The first kappa shape index (κ1) is 11.0. The normalized spacial score (nSPS) is 10.3. The predicted octanol–water partition coefficient (Wildman–Crippen LogP) is 1.89. The summed E-state index contributed by atoms with van der Waals surface area (Å²) in [5.41, 5.74) is 6.10. The van der Waals surface area contributed by atoms with E-state index in [1.165, 1.54) is 18.1 Å². The van der Waals surface area contributed by atoms with Gasteiger partial charge in [0.1, 0.15) is 12.2 Å². The average molecular weight is 254 g/mol. The Bertz CT molecular complexity index is 511. The smallest absolute Gasteiger partial charge is 0.188 e. The molecule has 0 aliphatic heterocycles. The minimum Gasteiger partial charge on any atom is -0.384 e. The van der Waals surface area contributed by atoms with E-state index < -0.39 is 0 Å². The molecular weight excluding hydrogens is 246 g/mol. The van der Waals surface area contributed by atoms with Gasteiger partial charge < -0.3 is 5.73 Å². The number of aromatic nitrogens is 3. The molecule has 4 N–H and O–H groups in total. The fourth-order valence-corrected chi connectivity index (χ4v) is 2.27. The van der Waals surface area contributed by atoms with Gasteiger partial charge in [-0.1, -0.05) is 11.6 Å². The van der Waals surface area contributed by atoms with Crippen LogP contribution >= 0.6 is 23.4 Å². The average Bonchev–Trinajstić information content (AvgIpc) is 2.70. The van der Waals surface area contributed by atoms with E-state index in [4.69, 9.17) is 22.7 Å². The molecule has 0 saturated carbocycles. The van der Waals surface area contributed by atoms with E-state index >= 15 is 0 Å². The maximum absolute atomic E-state index is 7.45.